The molecule has 1 aliphatic rings. The van der Waals surface area contributed by atoms with Gasteiger partial charge in [-0.1, -0.05) is 26.7 Å². The fourth-order valence-corrected chi connectivity index (χ4v) is 0.794. The summed E-state index contributed by atoms with van der Waals surface area (Å²) in [6, 6.07) is -0.785. The fraction of sp³-hybridized carbons (Fsp3) is 0.625. The Kier molecular flexibility index (Phi) is 14.8. The summed E-state index contributed by atoms with van der Waals surface area (Å²) in [5.41, 5.74) is 4.78. The van der Waals surface area contributed by atoms with Crippen LogP contribution < -0.4 is 16.4 Å². The maximum atomic E-state index is 10.9. The minimum Gasteiger partial charge on any atom is -0.627 e. The highest BCUT2D eigenvalue weighted by Gasteiger charge is 2.26. The smallest absolute Gasteiger partial charge is 0.485 e. The van der Waals surface area contributed by atoms with Crippen LogP contribution in [0.3, 0.4) is 0 Å². The van der Waals surface area contributed by atoms with Gasteiger partial charge < -0.3 is 25.8 Å². The van der Waals surface area contributed by atoms with Gasteiger partial charge in [-0.15, -0.1) is 0 Å². The van der Waals surface area contributed by atoms with Crippen molar-refractivity contribution >= 4 is 34.6 Å². The number of hydrogen-bond donors (Lipinski definition) is 3. The van der Waals surface area contributed by atoms with Crippen LogP contribution in [0, 0.1) is 0 Å². The molecule has 1 atom stereocenters. The zero-order valence-corrected chi connectivity index (χ0v) is 11.5. The lowest BCUT2D eigenvalue weighted by atomic mass is 10.4. The van der Waals surface area contributed by atoms with Crippen molar-refractivity contribution in [3.63, 3.8) is 0 Å². The largest absolute Gasteiger partial charge is 0.627 e. The molecule has 1 unspecified atom stereocenters. The lowest BCUT2D eigenvalue weighted by Gasteiger charge is -2.02. The van der Waals surface area contributed by atoms with Crippen LogP contribution in [0.15, 0.2) is 4.99 Å². The topological polar surface area (TPSA) is 169 Å². The molecular formula is C8H19AlN4O5. The molecule has 0 saturated carbocycles. The first-order chi connectivity index (χ1) is 7.54. The van der Waals surface area contributed by atoms with Gasteiger partial charge in [0.1, 0.15) is 0 Å². The number of nitrogens with zero attached hydrogens (tertiary/aromatic N) is 1. The third-order valence-electron chi connectivity index (χ3n) is 1.62. The summed E-state index contributed by atoms with van der Waals surface area (Å²) in [6.45, 7) is 4.36. The molecule has 0 aliphatic carbocycles. The van der Waals surface area contributed by atoms with Gasteiger partial charge in [-0.2, -0.15) is 0 Å². The Balaban J connectivity index is -0.000000332. The van der Waals surface area contributed by atoms with Gasteiger partial charge >= 0.3 is 22.7 Å². The Morgan fingerprint density at radius 3 is 2.28 bits per heavy atom. The van der Waals surface area contributed by atoms with Crippen LogP contribution in [-0.2, 0) is 8.58 Å². The highest BCUT2D eigenvalue weighted by Crippen LogP contribution is 1.96. The normalized spacial score (nSPS) is 15.8. The van der Waals surface area contributed by atoms with Gasteiger partial charge in [-0.05, 0) is 0 Å². The molecule has 18 heavy (non-hydrogen) atoms. The molecule has 1 heterocycles. The van der Waals surface area contributed by atoms with Crippen LogP contribution in [0.5, 0.6) is 0 Å². The van der Waals surface area contributed by atoms with Gasteiger partial charge in [0.2, 0.25) is 6.17 Å². The van der Waals surface area contributed by atoms with Gasteiger partial charge in [0.05, 0.1) is 0 Å². The van der Waals surface area contributed by atoms with E-state index in [9.17, 15) is 9.59 Å². The molecule has 0 aromatic rings. The number of rotatable bonds is 2. The van der Waals surface area contributed by atoms with Crippen LogP contribution in [0.1, 0.15) is 26.7 Å². The first kappa shape index (κ1) is 21.9. The monoisotopic (exact) mass is 278 g/mol. The summed E-state index contributed by atoms with van der Waals surface area (Å²) in [5, 5.41) is 4.36. The molecule has 0 saturated heterocycles. The molecular weight excluding hydrogens is 259 g/mol. The number of nitrogens with two attached hydrogens (primary N) is 1. The number of primary amides is 1. The maximum absolute atomic E-state index is 10.9. The van der Waals surface area contributed by atoms with Crippen LogP contribution >= 0.6 is 0 Å². The number of amides is 3. The Morgan fingerprint density at radius 2 is 2.00 bits per heavy atom. The molecule has 0 bridgehead atoms. The highest BCUT2D eigenvalue weighted by atomic mass is 27.1. The van der Waals surface area contributed by atoms with Crippen molar-refractivity contribution in [1.29, 1.82) is 0 Å². The Hall–Kier alpha value is -1.34. The summed E-state index contributed by atoms with van der Waals surface area (Å²) in [7, 11) is 0. The molecule has 9 nitrogen and oxygen atoms in total. The second kappa shape index (κ2) is 12.1. The quantitative estimate of drug-likeness (QED) is 0.484. The van der Waals surface area contributed by atoms with Crippen molar-refractivity contribution in [3.05, 3.63) is 0 Å². The van der Waals surface area contributed by atoms with E-state index in [1.807, 2.05) is 16.6 Å². The molecule has 1 rings (SSSR count). The number of nitrogens with one attached hydrogen (secondary N) is 2. The molecule has 104 valence electrons. The molecule has 0 fully saturated rings. The number of urea groups is 1. The van der Waals surface area contributed by atoms with E-state index in [4.69, 9.17) is 5.73 Å². The molecule has 2 radical (unpaired) electrons. The summed E-state index contributed by atoms with van der Waals surface area (Å²) in [4.78, 5) is 24.8. The number of amidine groups is 1. The Bertz CT molecular complexity index is 285. The fourth-order valence-electron chi connectivity index (χ4n) is 0.674. The van der Waals surface area contributed by atoms with Gasteiger partial charge in [0.25, 0.3) is 11.9 Å². The average molecular weight is 278 g/mol. The van der Waals surface area contributed by atoms with Crippen molar-refractivity contribution in [2.45, 2.75) is 32.9 Å². The molecule has 0 spiro atoms. The van der Waals surface area contributed by atoms with Gasteiger partial charge in [0, 0.05) is 0 Å². The second-order valence-corrected chi connectivity index (χ2v) is 3.19. The Labute approximate surface area is 114 Å². The van der Waals surface area contributed by atoms with E-state index in [1.165, 1.54) is 12.8 Å². The molecule has 1 aliphatic heterocycles. The molecule has 3 amide bonds. The number of carbonyl (C=O) groups excluding carboxylic acids is 2. The van der Waals surface area contributed by atoms with Crippen molar-refractivity contribution in [1.82, 2.24) is 10.6 Å². The van der Waals surface area contributed by atoms with Crippen molar-refractivity contribution in [3.8, 4) is 0 Å². The molecule has 0 aromatic carbocycles. The van der Waals surface area contributed by atoms with Crippen LogP contribution in [0.4, 0.5) is 4.79 Å². The molecule has 8 N–H and O–H groups in total. The zero-order valence-electron chi connectivity index (χ0n) is 10.3. The first-order valence-corrected chi connectivity index (χ1v) is 5.33. The van der Waals surface area contributed by atoms with Gasteiger partial charge in [-0.3, -0.25) is 10.1 Å². The summed E-state index contributed by atoms with van der Waals surface area (Å²) in [5.74, 6) is -0.480. The number of carbonyl (C=O) groups is 2. The number of aliphatic imine (C=N–C) groups is 1. The zero-order chi connectivity index (χ0) is 12.6. The lowest BCUT2D eigenvalue weighted by Crippen LogP contribution is -2.43. The van der Waals surface area contributed by atoms with E-state index in [-0.39, 0.29) is 17.0 Å². The third-order valence-corrected chi connectivity index (χ3v) is 1.84. The predicted octanol–water partition coefficient (Wildman–Crippen LogP) is -2.28. The summed E-state index contributed by atoms with van der Waals surface area (Å²) in [6.07, 6.45) is 1.65. The van der Waals surface area contributed by atoms with Crippen LogP contribution in [0.25, 0.3) is 0 Å². The third kappa shape index (κ3) is 8.77. The summed E-state index contributed by atoms with van der Waals surface area (Å²) < 4.78 is 4.54. The number of hydrogen-bond acceptors (Lipinski definition) is 4. The van der Waals surface area contributed by atoms with E-state index < -0.39 is 18.1 Å². The lowest BCUT2D eigenvalue weighted by molar-refractivity contribution is -0.120. The standard InChI is InChI=1S/C4H6N4O3.C4H10.Al.2H2O/c5-3(10)6-1-2(9)8-4(11)7-1;1-3-4-2;;;/h1H,(H3,5,6,10)(H2,7,8,9,11);3-4H2,1-2H3;;2*1H2/q;;+1;;/p-1. The average Bonchev–Trinajstić information content (AvgIpc) is 2.59. The Morgan fingerprint density at radius 1 is 1.50 bits per heavy atom. The van der Waals surface area contributed by atoms with E-state index in [0.29, 0.717) is 0 Å². The predicted molar refractivity (Wildman–Crippen MR) is 66.7 cm³/mol. The van der Waals surface area contributed by atoms with Gasteiger partial charge in [0.15, 0.2) is 0 Å². The second-order valence-electron chi connectivity index (χ2n) is 2.95. The summed E-state index contributed by atoms with van der Waals surface area (Å²) >= 11 is 1.91. The molecule has 10 heteroatoms. The minimum absolute atomic E-state index is 0. The highest BCUT2D eigenvalue weighted by molar-refractivity contribution is 6.12. The van der Waals surface area contributed by atoms with Gasteiger partial charge in [-0.25, -0.2) is 9.79 Å². The van der Waals surface area contributed by atoms with Crippen molar-refractivity contribution in [2.24, 2.45) is 10.7 Å². The van der Waals surface area contributed by atoms with Crippen LogP contribution in [0.2, 0.25) is 0 Å². The maximum Gasteiger partial charge on any atom is 0.485 e. The SMILES string of the molecule is CCCC.NC(=O)NC1N=C([O][Al])NC1=O.O.O. The minimum atomic E-state index is -0.988. The number of unbranched alkanes of at least 4 members (excludes halogenated alkanes) is 1. The van der Waals surface area contributed by atoms with Crippen LogP contribution in [-0.4, -0.2) is 51.7 Å². The van der Waals surface area contributed by atoms with Crippen molar-refractivity contribution in [2.75, 3.05) is 0 Å². The van der Waals surface area contributed by atoms with E-state index >= 15 is 0 Å². The first-order valence-electron chi connectivity index (χ1n) is 4.86. The van der Waals surface area contributed by atoms with E-state index in [2.05, 4.69) is 33.3 Å². The van der Waals surface area contributed by atoms with Crippen molar-refractivity contribution < 1.29 is 24.3 Å². The van der Waals surface area contributed by atoms with E-state index in [0.717, 1.165) is 0 Å². The van der Waals surface area contributed by atoms with E-state index in [1.54, 1.807) is 0 Å². The molecule has 0 aromatic heterocycles.